The second-order valence-electron chi connectivity index (χ2n) is 9.05. The van der Waals surface area contributed by atoms with Crippen molar-refractivity contribution in [2.45, 2.75) is 45.1 Å². The third-order valence-corrected chi connectivity index (χ3v) is 6.66. The van der Waals surface area contributed by atoms with E-state index in [1.165, 1.54) is 0 Å². The molecule has 3 aromatic rings. The first kappa shape index (κ1) is 23.1. The summed E-state index contributed by atoms with van der Waals surface area (Å²) >= 11 is 0. The van der Waals surface area contributed by atoms with Gasteiger partial charge < -0.3 is 20.4 Å². The summed E-state index contributed by atoms with van der Waals surface area (Å²) in [4.78, 5) is 31.7. The van der Waals surface area contributed by atoms with Crippen LogP contribution in [0.2, 0.25) is 0 Å². The fourth-order valence-electron chi connectivity index (χ4n) is 4.99. The van der Waals surface area contributed by atoms with Gasteiger partial charge in [0.1, 0.15) is 0 Å². The van der Waals surface area contributed by atoms with Crippen LogP contribution in [0.1, 0.15) is 37.3 Å². The Kier molecular flexibility index (Phi) is 7.14. The number of carbonyl (C=O) groups is 2. The van der Waals surface area contributed by atoms with E-state index >= 15 is 0 Å². The molecule has 0 aliphatic carbocycles. The third-order valence-electron chi connectivity index (χ3n) is 6.66. The zero-order chi connectivity index (χ0) is 23.3. The van der Waals surface area contributed by atoms with Crippen molar-refractivity contribution in [1.82, 2.24) is 9.88 Å². The number of ether oxygens (including phenoxy) is 1. The molecule has 2 atom stereocenters. The quantitative estimate of drug-likeness (QED) is 0.539. The molecule has 0 radical (unpaired) electrons. The molecular weight excluding hydrogens is 414 g/mol. The van der Waals surface area contributed by atoms with Gasteiger partial charge in [-0.05, 0) is 49.8 Å². The first-order chi connectivity index (χ1) is 16.0. The zero-order valence-electron chi connectivity index (χ0n) is 19.3. The van der Waals surface area contributed by atoms with Gasteiger partial charge in [-0.3, -0.25) is 9.59 Å². The van der Waals surface area contributed by atoms with Crippen molar-refractivity contribution < 1.29 is 14.3 Å². The van der Waals surface area contributed by atoms with Gasteiger partial charge in [0.15, 0.2) is 0 Å². The van der Waals surface area contributed by atoms with Gasteiger partial charge in [0, 0.05) is 30.2 Å². The number of nitrogens with zero attached hydrogens (tertiary/aromatic N) is 1. The Morgan fingerprint density at radius 1 is 1.12 bits per heavy atom. The van der Waals surface area contributed by atoms with Gasteiger partial charge in [0.2, 0.25) is 5.91 Å². The Hall–Kier alpha value is -3.12. The van der Waals surface area contributed by atoms with Crippen molar-refractivity contribution in [2.75, 3.05) is 19.7 Å². The van der Waals surface area contributed by atoms with Gasteiger partial charge in [-0.15, -0.1) is 0 Å². The van der Waals surface area contributed by atoms with Crippen molar-refractivity contribution in [1.29, 1.82) is 0 Å². The first-order valence-corrected chi connectivity index (χ1v) is 11.8. The molecule has 6 nitrogen and oxygen atoms in total. The molecule has 174 valence electrons. The van der Waals surface area contributed by atoms with E-state index in [0.717, 1.165) is 34.9 Å². The van der Waals surface area contributed by atoms with Crippen LogP contribution >= 0.6 is 0 Å². The molecule has 0 bridgehead atoms. The molecule has 1 fully saturated rings. The summed E-state index contributed by atoms with van der Waals surface area (Å²) in [5.74, 6) is -0.331. The second kappa shape index (κ2) is 10.2. The van der Waals surface area contributed by atoms with Crippen LogP contribution in [0.25, 0.3) is 10.9 Å². The molecule has 1 aromatic heterocycles. The lowest BCUT2D eigenvalue weighted by Crippen LogP contribution is -2.51. The van der Waals surface area contributed by atoms with E-state index < -0.39 is 11.5 Å². The summed E-state index contributed by atoms with van der Waals surface area (Å²) in [6, 6.07) is 17.3. The highest BCUT2D eigenvalue weighted by atomic mass is 16.5. The molecule has 3 N–H and O–H groups in total. The number of rotatable bonds is 7. The van der Waals surface area contributed by atoms with Crippen LogP contribution in [0.4, 0.5) is 0 Å². The van der Waals surface area contributed by atoms with Gasteiger partial charge >= 0.3 is 5.97 Å². The number of benzene rings is 2. The first-order valence-electron chi connectivity index (χ1n) is 11.8. The maximum Gasteiger partial charge on any atom is 0.314 e. The lowest BCUT2D eigenvalue weighted by atomic mass is 9.77. The number of nitrogens with one attached hydrogen (secondary N) is 1. The Labute approximate surface area is 195 Å². The van der Waals surface area contributed by atoms with Crippen molar-refractivity contribution in [2.24, 2.45) is 11.1 Å². The monoisotopic (exact) mass is 447 g/mol. The largest absolute Gasteiger partial charge is 0.466 e. The molecule has 33 heavy (non-hydrogen) atoms. The SMILES string of the molecule is CCOC(=O)C1(Cc2ccccc2)CCCCN(C(=O)[C@H](N)Cc2c[nH]c3ccccc23)C1. The number of hydrogen-bond donors (Lipinski definition) is 2. The van der Waals surface area contributed by atoms with Gasteiger partial charge in [0.25, 0.3) is 0 Å². The van der Waals surface area contributed by atoms with E-state index in [1.54, 1.807) is 4.90 Å². The number of hydrogen-bond acceptors (Lipinski definition) is 4. The van der Waals surface area contributed by atoms with E-state index in [2.05, 4.69) is 4.98 Å². The Balaban J connectivity index is 1.55. The van der Waals surface area contributed by atoms with Crippen LogP contribution in [-0.4, -0.2) is 47.5 Å². The van der Waals surface area contributed by atoms with Crippen LogP contribution in [0, 0.1) is 5.41 Å². The Bertz CT molecular complexity index is 1090. The number of nitrogens with two attached hydrogens (primary N) is 1. The fraction of sp³-hybridized carbons (Fsp3) is 0.407. The van der Waals surface area contributed by atoms with Gasteiger partial charge in [-0.1, -0.05) is 55.0 Å². The van der Waals surface area contributed by atoms with Crippen molar-refractivity contribution in [3.8, 4) is 0 Å². The number of fused-ring (bicyclic) bond motifs is 1. The third kappa shape index (κ3) is 5.11. The lowest BCUT2D eigenvalue weighted by molar-refractivity contribution is -0.158. The molecule has 1 unspecified atom stereocenters. The average molecular weight is 448 g/mol. The van der Waals surface area contributed by atoms with Crippen molar-refractivity contribution in [3.05, 3.63) is 71.9 Å². The summed E-state index contributed by atoms with van der Waals surface area (Å²) in [7, 11) is 0. The highest BCUT2D eigenvalue weighted by Gasteiger charge is 2.44. The van der Waals surface area contributed by atoms with E-state index in [4.69, 9.17) is 10.5 Å². The molecule has 1 aliphatic rings. The highest BCUT2D eigenvalue weighted by Crippen LogP contribution is 2.35. The minimum Gasteiger partial charge on any atom is -0.466 e. The van der Waals surface area contributed by atoms with Crippen molar-refractivity contribution in [3.63, 3.8) is 0 Å². The number of H-pyrrole nitrogens is 1. The number of aromatic nitrogens is 1. The zero-order valence-corrected chi connectivity index (χ0v) is 19.3. The molecule has 0 spiro atoms. The smallest absolute Gasteiger partial charge is 0.314 e. The van der Waals surface area contributed by atoms with Crippen LogP contribution < -0.4 is 5.73 Å². The number of esters is 1. The van der Waals surface area contributed by atoms with Crippen LogP contribution in [-0.2, 0) is 27.2 Å². The van der Waals surface area contributed by atoms with E-state index in [1.807, 2.05) is 67.7 Å². The van der Waals surface area contributed by atoms with Crippen molar-refractivity contribution >= 4 is 22.8 Å². The molecule has 2 heterocycles. The molecule has 1 aliphatic heterocycles. The highest BCUT2D eigenvalue weighted by molar-refractivity contribution is 5.87. The Morgan fingerprint density at radius 2 is 1.88 bits per heavy atom. The maximum absolute atomic E-state index is 13.5. The van der Waals surface area contributed by atoms with E-state index in [9.17, 15) is 9.59 Å². The minimum absolute atomic E-state index is 0.107. The van der Waals surface area contributed by atoms with Gasteiger partial charge in [-0.2, -0.15) is 0 Å². The van der Waals surface area contributed by atoms with Gasteiger partial charge in [0.05, 0.1) is 18.1 Å². The number of likely N-dealkylation sites (tertiary alicyclic amines) is 1. The molecule has 1 saturated heterocycles. The van der Waals surface area contributed by atoms with Crippen LogP contribution in [0.15, 0.2) is 60.8 Å². The number of aromatic amines is 1. The van der Waals surface area contributed by atoms with Crippen LogP contribution in [0.3, 0.4) is 0 Å². The molecule has 6 heteroatoms. The summed E-state index contributed by atoms with van der Waals surface area (Å²) in [6.07, 6.45) is 5.34. The standard InChI is InChI=1S/C27H33N3O3/c1-2-33-26(32)27(17-20-10-4-3-5-11-20)14-8-9-15-30(19-27)25(31)23(28)16-21-18-29-24-13-7-6-12-22(21)24/h3-7,10-13,18,23,29H,2,8-9,14-17,19,28H2,1H3/t23-,27?/m1/s1. The summed E-state index contributed by atoms with van der Waals surface area (Å²) in [5, 5.41) is 1.08. The number of carbonyl (C=O) groups excluding carboxylic acids is 2. The predicted octanol–water partition coefficient (Wildman–Crippen LogP) is 3.84. The summed E-state index contributed by atoms with van der Waals surface area (Å²) in [5.41, 5.74) is 8.81. The molecule has 2 aromatic carbocycles. The molecule has 0 saturated carbocycles. The topological polar surface area (TPSA) is 88.4 Å². The average Bonchev–Trinajstić information content (AvgIpc) is 3.10. The fourth-order valence-corrected chi connectivity index (χ4v) is 4.99. The van der Waals surface area contributed by atoms with E-state index in [0.29, 0.717) is 39.0 Å². The molecule has 4 rings (SSSR count). The normalized spacial score (nSPS) is 19.8. The minimum atomic E-state index is -0.760. The van der Waals surface area contributed by atoms with E-state index in [-0.39, 0.29) is 11.9 Å². The second-order valence-corrected chi connectivity index (χ2v) is 9.05. The Morgan fingerprint density at radius 3 is 2.67 bits per heavy atom. The van der Waals surface area contributed by atoms with Crippen LogP contribution in [0.5, 0.6) is 0 Å². The number of para-hydroxylation sites is 1. The summed E-state index contributed by atoms with van der Waals surface area (Å²) < 4.78 is 5.52. The van der Waals surface area contributed by atoms with Gasteiger partial charge in [-0.25, -0.2) is 0 Å². The molecule has 1 amide bonds. The summed E-state index contributed by atoms with van der Waals surface area (Å²) in [6.45, 7) is 3.09. The lowest BCUT2D eigenvalue weighted by Gasteiger charge is -2.35. The molecular formula is C27H33N3O3. The maximum atomic E-state index is 13.5. The predicted molar refractivity (Wildman–Crippen MR) is 130 cm³/mol. The number of amides is 1.